The zero-order chi connectivity index (χ0) is 15.6. The Kier molecular flexibility index (Phi) is 4.57. The van der Waals surface area contributed by atoms with E-state index in [-0.39, 0.29) is 17.7 Å². The molecule has 0 bridgehead atoms. The molecule has 0 heterocycles. The number of halogens is 5. The highest BCUT2D eigenvalue weighted by molar-refractivity contribution is 5.23. The van der Waals surface area contributed by atoms with Crippen LogP contribution in [0.3, 0.4) is 0 Å². The van der Waals surface area contributed by atoms with Crippen LogP contribution < -0.4 is 5.32 Å². The van der Waals surface area contributed by atoms with Gasteiger partial charge in [0.1, 0.15) is 11.6 Å². The van der Waals surface area contributed by atoms with Crippen molar-refractivity contribution in [3.63, 3.8) is 0 Å². The van der Waals surface area contributed by atoms with Gasteiger partial charge >= 0.3 is 0 Å². The molecule has 0 amide bonds. The van der Waals surface area contributed by atoms with Crippen molar-refractivity contribution in [2.45, 2.75) is 19.5 Å². The smallest absolute Gasteiger partial charge is 0.194 e. The third kappa shape index (κ3) is 3.58. The van der Waals surface area contributed by atoms with Gasteiger partial charge in [0, 0.05) is 24.2 Å². The Labute approximate surface area is 118 Å². The molecule has 1 atom stereocenters. The van der Waals surface area contributed by atoms with E-state index < -0.39 is 35.1 Å². The molecule has 0 aliphatic rings. The molecule has 0 saturated heterocycles. The van der Waals surface area contributed by atoms with Crippen LogP contribution in [0.1, 0.15) is 24.1 Å². The monoisotopic (exact) mass is 301 g/mol. The predicted molar refractivity (Wildman–Crippen MR) is 67.9 cm³/mol. The minimum Gasteiger partial charge on any atom is -0.306 e. The maximum atomic E-state index is 13.6. The molecule has 1 nitrogen and oxygen atoms in total. The van der Waals surface area contributed by atoms with E-state index in [2.05, 4.69) is 5.32 Å². The fourth-order valence-electron chi connectivity index (χ4n) is 1.94. The zero-order valence-corrected chi connectivity index (χ0v) is 11.1. The van der Waals surface area contributed by atoms with Gasteiger partial charge in [0.05, 0.1) is 0 Å². The van der Waals surface area contributed by atoms with Crippen molar-refractivity contribution in [3.05, 3.63) is 70.5 Å². The molecule has 0 aliphatic carbocycles. The molecule has 0 saturated carbocycles. The lowest BCUT2D eigenvalue weighted by Crippen LogP contribution is -2.19. The number of hydrogen-bond donors (Lipinski definition) is 1. The maximum Gasteiger partial charge on any atom is 0.194 e. The van der Waals surface area contributed by atoms with Crippen LogP contribution in [0, 0.1) is 29.1 Å². The highest BCUT2D eigenvalue weighted by Crippen LogP contribution is 2.19. The van der Waals surface area contributed by atoms with Gasteiger partial charge in [0.25, 0.3) is 0 Å². The lowest BCUT2D eigenvalue weighted by Gasteiger charge is -2.15. The third-order valence-electron chi connectivity index (χ3n) is 3.08. The Morgan fingerprint density at radius 2 is 1.52 bits per heavy atom. The number of benzene rings is 2. The summed E-state index contributed by atoms with van der Waals surface area (Å²) in [5.74, 6) is -5.51. The second-order valence-electron chi connectivity index (χ2n) is 4.64. The van der Waals surface area contributed by atoms with Crippen molar-refractivity contribution >= 4 is 0 Å². The summed E-state index contributed by atoms with van der Waals surface area (Å²) in [7, 11) is 0. The maximum absolute atomic E-state index is 13.6. The van der Waals surface area contributed by atoms with Crippen molar-refractivity contribution in [2.24, 2.45) is 0 Å². The van der Waals surface area contributed by atoms with Crippen LogP contribution in [0.4, 0.5) is 22.0 Å². The highest BCUT2D eigenvalue weighted by Gasteiger charge is 2.13. The normalized spacial score (nSPS) is 12.5. The molecule has 1 N–H and O–H groups in total. The first kappa shape index (κ1) is 15.4. The summed E-state index contributed by atoms with van der Waals surface area (Å²) in [4.78, 5) is 0. The van der Waals surface area contributed by atoms with E-state index in [0.29, 0.717) is 0 Å². The van der Waals surface area contributed by atoms with Gasteiger partial charge in [-0.3, -0.25) is 0 Å². The first-order chi connectivity index (χ1) is 9.88. The lowest BCUT2D eigenvalue weighted by molar-refractivity contribution is 0.443. The summed E-state index contributed by atoms with van der Waals surface area (Å²) in [5.41, 5.74) is 0.403. The predicted octanol–water partition coefficient (Wildman–Crippen LogP) is 4.23. The van der Waals surface area contributed by atoms with Crippen LogP contribution >= 0.6 is 0 Å². The van der Waals surface area contributed by atoms with Gasteiger partial charge in [0.15, 0.2) is 17.5 Å². The Balaban J connectivity index is 2.09. The van der Waals surface area contributed by atoms with Crippen LogP contribution in [-0.4, -0.2) is 0 Å². The van der Waals surface area contributed by atoms with Crippen molar-refractivity contribution < 1.29 is 22.0 Å². The Morgan fingerprint density at radius 3 is 2.10 bits per heavy atom. The van der Waals surface area contributed by atoms with Crippen LogP contribution in [0.15, 0.2) is 30.3 Å². The van der Waals surface area contributed by atoms with E-state index in [9.17, 15) is 22.0 Å². The average molecular weight is 301 g/mol. The summed E-state index contributed by atoms with van der Waals surface area (Å²) >= 11 is 0. The number of rotatable bonds is 4. The van der Waals surface area contributed by atoms with Crippen molar-refractivity contribution in [1.29, 1.82) is 0 Å². The Bertz CT molecular complexity index is 634. The van der Waals surface area contributed by atoms with Crippen molar-refractivity contribution in [2.75, 3.05) is 0 Å². The summed E-state index contributed by atoms with van der Waals surface area (Å²) in [6.45, 7) is 1.62. The molecule has 0 spiro atoms. The van der Waals surface area contributed by atoms with Gasteiger partial charge in [-0.2, -0.15) is 0 Å². The van der Waals surface area contributed by atoms with Crippen molar-refractivity contribution in [3.8, 4) is 0 Å². The molecule has 0 aliphatic heterocycles. The van der Waals surface area contributed by atoms with Gasteiger partial charge in [-0.15, -0.1) is 0 Å². The van der Waals surface area contributed by atoms with E-state index in [0.717, 1.165) is 24.3 Å². The fraction of sp³-hybridized carbons (Fsp3) is 0.200. The zero-order valence-electron chi connectivity index (χ0n) is 11.1. The van der Waals surface area contributed by atoms with E-state index >= 15 is 0 Å². The Morgan fingerprint density at radius 1 is 0.905 bits per heavy atom. The molecule has 0 fully saturated rings. The van der Waals surface area contributed by atoms with E-state index in [1.165, 1.54) is 6.07 Å². The summed E-state index contributed by atoms with van der Waals surface area (Å²) < 4.78 is 65.3. The summed E-state index contributed by atoms with van der Waals surface area (Å²) in [6, 6.07) is 4.37. The first-order valence-electron chi connectivity index (χ1n) is 6.20. The van der Waals surface area contributed by atoms with Crippen LogP contribution in [0.25, 0.3) is 0 Å². The largest absolute Gasteiger partial charge is 0.306 e. The fourth-order valence-corrected chi connectivity index (χ4v) is 1.94. The molecular formula is C15H12F5N. The van der Waals surface area contributed by atoms with Crippen LogP contribution in [0.2, 0.25) is 0 Å². The SMILES string of the molecule is CC(NCc1cc(F)c(F)c(F)c1)c1ccc(F)cc1F. The minimum absolute atomic E-state index is 0.00605. The number of hydrogen-bond acceptors (Lipinski definition) is 1. The first-order valence-corrected chi connectivity index (χ1v) is 6.20. The van der Waals surface area contributed by atoms with Gasteiger partial charge in [-0.05, 0) is 30.7 Å². The van der Waals surface area contributed by atoms with Crippen molar-refractivity contribution in [1.82, 2.24) is 5.32 Å². The molecule has 2 aromatic rings. The second kappa shape index (κ2) is 6.22. The van der Waals surface area contributed by atoms with E-state index in [1.54, 1.807) is 6.92 Å². The molecule has 2 aromatic carbocycles. The molecule has 112 valence electrons. The molecule has 0 radical (unpaired) electrons. The molecule has 1 unspecified atom stereocenters. The van der Waals surface area contributed by atoms with Crippen LogP contribution in [0.5, 0.6) is 0 Å². The highest BCUT2D eigenvalue weighted by atomic mass is 19.2. The summed E-state index contributed by atoms with van der Waals surface area (Å²) in [5, 5.41) is 2.83. The van der Waals surface area contributed by atoms with Gasteiger partial charge in [-0.25, -0.2) is 22.0 Å². The quantitative estimate of drug-likeness (QED) is 0.658. The molecule has 0 aromatic heterocycles. The topological polar surface area (TPSA) is 12.0 Å². The number of nitrogens with one attached hydrogen (secondary N) is 1. The van der Waals surface area contributed by atoms with Gasteiger partial charge in [0.2, 0.25) is 0 Å². The van der Waals surface area contributed by atoms with Gasteiger partial charge in [-0.1, -0.05) is 6.07 Å². The lowest BCUT2D eigenvalue weighted by atomic mass is 10.1. The Hall–Kier alpha value is -1.95. The molecule has 21 heavy (non-hydrogen) atoms. The summed E-state index contributed by atoms with van der Waals surface area (Å²) in [6.07, 6.45) is 0. The van der Waals surface area contributed by atoms with Crippen LogP contribution in [-0.2, 0) is 6.54 Å². The van der Waals surface area contributed by atoms with Gasteiger partial charge < -0.3 is 5.32 Å². The molecular weight excluding hydrogens is 289 g/mol. The molecule has 6 heteroatoms. The third-order valence-corrected chi connectivity index (χ3v) is 3.08. The van der Waals surface area contributed by atoms with E-state index in [4.69, 9.17) is 0 Å². The minimum atomic E-state index is -1.53. The second-order valence-corrected chi connectivity index (χ2v) is 4.64. The standard InChI is InChI=1S/C15H12F5N/c1-8(11-3-2-10(16)6-12(11)17)21-7-9-4-13(18)15(20)14(19)5-9/h2-6,8,21H,7H2,1H3. The average Bonchev–Trinajstić information content (AvgIpc) is 2.42. The molecule has 2 rings (SSSR count). The van der Waals surface area contributed by atoms with E-state index in [1.807, 2.05) is 0 Å².